The van der Waals surface area contributed by atoms with E-state index in [1.807, 2.05) is 6.07 Å². The first kappa shape index (κ1) is 12.2. The van der Waals surface area contributed by atoms with E-state index in [4.69, 9.17) is 18.0 Å². The summed E-state index contributed by atoms with van der Waals surface area (Å²) in [6.45, 7) is 0. The van der Waals surface area contributed by atoms with Gasteiger partial charge in [0.25, 0.3) is 5.91 Å². The molecule has 2 aromatic rings. The molecule has 0 radical (unpaired) electrons. The predicted octanol–water partition coefficient (Wildman–Crippen LogP) is 1.97. The molecule has 2 N–H and O–H groups in total. The smallest absolute Gasteiger partial charge is 0.265 e. The van der Waals surface area contributed by atoms with Gasteiger partial charge in [-0.05, 0) is 36.5 Å². The Morgan fingerprint density at radius 1 is 1.11 bits per heavy atom. The van der Waals surface area contributed by atoms with Gasteiger partial charge in [-0.15, -0.1) is 0 Å². The van der Waals surface area contributed by atoms with E-state index in [1.165, 1.54) is 4.90 Å². The van der Waals surface area contributed by atoms with Gasteiger partial charge in [0.1, 0.15) is 5.82 Å². The first-order chi connectivity index (χ1) is 8.70. The molecular weight excluding hydrogens is 246 g/mol. The van der Waals surface area contributed by atoms with Gasteiger partial charge in [0.15, 0.2) is 5.11 Å². The highest BCUT2D eigenvalue weighted by atomic mass is 32.1. The third kappa shape index (κ3) is 2.52. The Hall–Kier alpha value is -2.27. The van der Waals surface area contributed by atoms with Gasteiger partial charge < -0.3 is 5.73 Å². The third-order valence-electron chi connectivity index (χ3n) is 2.32. The number of amides is 1. The molecule has 0 spiro atoms. The van der Waals surface area contributed by atoms with Gasteiger partial charge in [0.2, 0.25) is 0 Å². The van der Waals surface area contributed by atoms with Gasteiger partial charge in [-0.25, -0.2) is 9.88 Å². The molecular formula is C13H11N3OS. The van der Waals surface area contributed by atoms with E-state index >= 15 is 0 Å². The van der Waals surface area contributed by atoms with Crippen LogP contribution in [0.5, 0.6) is 0 Å². The van der Waals surface area contributed by atoms with Crippen molar-refractivity contribution in [3.63, 3.8) is 0 Å². The van der Waals surface area contributed by atoms with Crippen LogP contribution in [0.3, 0.4) is 0 Å². The van der Waals surface area contributed by atoms with Crippen LogP contribution in [0.2, 0.25) is 0 Å². The van der Waals surface area contributed by atoms with Crippen LogP contribution in [-0.4, -0.2) is 16.0 Å². The number of thiocarbonyl (C=S) groups is 1. The van der Waals surface area contributed by atoms with Crippen LogP contribution in [0.1, 0.15) is 10.4 Å². The van der Waals surface area contributed by atoms with Crippen molar-refractivity contribution in [1.29, 1.82) is 0 Å². The third-order valence-corrected chi connectivity index (χ3v) is 2.51. The first-order valence-electron chi connectivity index (χ1n) is 5.30. The van der Waals surface area contributed by atoms with Crippen LogP contribution in [0.25, 0.3) is 0 Å². The lowest BCUT2D eigenvalue weighted by Gasteiger charge is -2.19. The van der Waals surface area contributed by atoms with Crippen molar-refractivity contribution < 1.29 is 4.79 Å². The lowest BCUT2D eigenvalue weighted by molar-refractivity contribution is 0.100. The van der Waals surface area contributed by atoms with Crippen molar-refractivity contribution in [3.05, 3.63) is 60.3 Å². The SMILES string of the molecule is NC(=S)N(C(=O)c1ccccc1)c1ccccn1. The van der Waals surface area contributed by atoms with E-state index < -0.39 is 0 Å². The minimum atomic E-state index is -0.290. The first-order valence-corrected chi connectivity index (χ1v) is 5.71. The van der Waals surface area contributed by atoms with Gasteiger partial charge in [-0.1, -0.05) is 24.3 Å². The highest BCUT2D eigenvalue weighted by Gasteiger charge is 2.20. The number of pyridine rings is 1. The molecule has 1 aromatic carbocycles. The second kappa shape index (κ2) is 5.37. The van der Waals surface area contributed by atoms with E-state index in [9.17, 15) is 4.79 Å². The van der Waals surface area contributed by atoms with E-state index in [0.29, 0.717) is 11.4 Å². The summed E-state index contributed by atoms with van der Waals surface area (Å²) in [5.74, 6) is 0.126. The molecule has 0 aliphatic carbocycles. The number of hydrogen-bond acceptors (Lipinski definition) is 3. The molecule has 0 saturated carbocycles. The van der Waals surface area contributed by atoms with Crippen molar-refractivity contribution >= 4 is 29.1 Å². The van der Waals surface area contributed by atoms with Crippen LogP contribution < -0.4 is 10.6 Å². The Morgan fingerprint density at radius 3 is 2.33 bits per heavy atom. The molecule has 1 heterocycles. The number of anilines is 1. The Balaban J connectivity index is 2.39. The lowest BCUT2D eigenvalue weighted by Crippen LogP contribution is -2.41. The van der Waals surface area contributed by atoms with E-state index in [0.717, 1.165) is 0 Å². The zero-order valence-electron chi connectivity index (χ0n) is 9.48. The number of aromatic nitrogens is 1. The largest absolute Gasteiger partial charge is 0.375 e. The van der Waals surface area contributed by atoms with Crippen LogP contribution >= 0.6 is 12.2 Å². The van der Waals surface area contributed by atoms with Crippen LogP contribution in [0, 0.1) is 0 Å². The van der Waals surface area contributed by atoms with Gasteiger partial charge in [0.05, 0.1) is 0 Å². The number of nitrogens with two attached hydrogens (primary N) is 1. The Kier molecular flexibility index (Phi) is 3.64. The van der Waals surface area contributed by atoms with E-state index in [2.05, 4.69) is 4.98 Å². The van der Waals surface area contributed by atoms with Crippen molar-refractivity contribution in [3.8, 4) is 0 Å². The number of rotatable bonds is 2. The molecule has 1 aromatic heterocycles. The molecule has 0 saturated heterocycles. The topological polar surface area (TPSA) is 59.2 Å². The summed E-state index contributed by atoms with van der Waals surface area (Å²) in [5.41, 5.74) is 6.11. The Bertz CT molecular complexity index is 557. The number of hydrogen-bond donors (Lipinski definition) is 1. The van der Waals surface area contributed by atoms with Crippen LogP contribution in [-0.2, 0) is 0 Å². The Labute approximate surface area is 110 Å². The zero-order valence-corrected chi connectivity index (χ0v) is 10.3. The maximum Gasteiger partial charge on any atom is 0.265 e. The summed E-state index contributed by atoms with van der Waals surface area (Å²) < 4.78 is 0. The zero-order chi connectivity index (χ0) is 13.0. The summed E-state index contributed by atoms with van der Waals surface area (Å²) in [5, 5.41) is -0.0254. The minimum Gasteiger partial charge on any atom is -0.375 e. The molecule has 0 aliphatic heterocycles. The molecule has 90 valence electrons. The summed E-state index contributed by atoms with van der Waals surface area (Å²) >= 11 is 4.92. The average molecular weight is 257 g/mol. The second-order valence-electron chi connectivity index (χ2n) is 3.53. The van der Waals surface area contributed by atoms with Crippen LogP contribution in [0.15, 0.2) is 54.7 Å². The molecule has 0 fully saturated rings. The van der Waals surface area contributed by atoms with Crippen LogP contribution in [0.4, 0.5) is 5.82 Å². The van der Waals surface area contributed by atoms with Gasteiger partial charge in [0, 0.05) is 11.8 Å². The minimum absolute atomic E-state index is 0.0254. The maximum atomic E-state index is 12.3. The van der Waals surface area contributed by atoms with Crippen molar-refractivity contribution in [2.24, 2.45) is 5.73 Å². The molecule has 5 heteroatoms. The lowest BCUT2D eigenvalue weighted by atomic mass is 10.2. The maximum absolute atomic E-state index is 12.3. The molecule has 0 unspecified atom stereocenters. The summed E-state index contributed by atoms with van der Waals surface area (Å²) in [7, 11) is 0. The summed E-state index contributed by atoms with van der Waals surface area (Å²) in [4.78, 5) is 17.6. The predicted molar refractivity (Wildman–Crippen MR) is 74.3 cm³/mol. The quantitative estimate of drug-likeness (QED) is 0.836. The summed E-state index contributed by atoms with van der Waals surface area (Å²) in [6.07, 6.45) is 1.58. The van der Waals surface area contributed by atoms with Gasteiger partial charge >= 0.3 is 0 Å². The average Bonchev–Trinajstić information content (AvgIpc) is 2.40. The van der Waals surface area contributed by atoms with Crippen molar-refractivity contribution in [1.82, 2.24) is 4.98 Å². The number of nitrogens with zero attached hydrogens (tertiary/aromatic N) is 2. The molecule has 0 bridgehead atoms. The highest BCUT2D eigenvalue weighted by molar-refractivity contribution is 7.80. The number of benzene rings is 1. The molecule has 2 rings (SSSR count). The molecule has 4 nitrogen and oxygen atoms in total. The fourth-order valence-corrected chi connectivity index (χ4v) is 1.69. The monoisotopic (exact) mass is 257 g/mol. The normalized spacial score (nSPS) is 9.78. The Morgan fingerprint density at radius 2 is 1.78 bits per heavy atom. The van der Waals surface area contributed by atoms with E-state index in [-0.39, 0.29) is 11.0 Å². The molecule has 1 amide bonds. The number of carbonyl (C=O) groups is 1. The fraction of sp³-hybridized carbons (Fsp3) is 0. The fourth-order valence-electron chi connectivity index (χ4n) is 1.51. The van der Waals surface area contributed by atoms with E-state index in [1.54, 1.807) is 48.7 Å². The highest BCUT2D eigenvalue weighted by Crippen LogP contribution is 2.13. The standard InChI is InChI=1S/C13H11N3OS/c14-13(18)16(11-8-4-5-9-15-11)12(17)10-6-2-1-3-7-10/h1-9H,(H2,14,18). The molecule has 18 heavy (non-hydrogen) atoms. The van der Waals surface area contributed by atoms with Crippen molar-refractivity contribution in [2.45, 2.75) is 0 Å². The number of carbonyl (C=O) groups excluding carboxylic acids is 1. The van der Waals surface area contributed by atoms with Crippen molar-refractivity contribution in [2.75, 3.05) is 4.90 Å². The van der Waals surface area contributed by atoms with Gasteiger partial charge in [-0.2, -0.15) is 0 Å². The summed E-state index contributed by atoms with van der Waals surface area (Å²) in [6, 6.07) is 14.0. The second-order valence-corrected chi connectivity index (χ2v) is 3.95. The van der Waals surface area contributed by atoms with Gasteiger partial charge in [-0.3, -0.25) is 4.79 Å². The molecule has 0 atom stereocenters. The molecule has 0 aliphatic rings.